The van der Waals surface area contributed by atoms with Crippen molar-refractivity contribution < 1.29 is 25.5 Å². The molecule has 0 aliphatic rings. The summed E-state index contributed by atoms with van der Waals surface area (Å²) in [5.41, 5.74) is 0. The lowest BCUT2D eigenvalue weighted by Gasteiger charge is -2.20. The highest BCUT2D eigenvalue weighted by Crippen LogP contribution is 2.10. The molecular weight excluding hydrogens is 200 g/mol. The molecule has 0 saturated carbocycles. The summed E-state index contributed by atoms with van der Waals surface area (Å²) in [5, 5.41) is 45.4. The smallest absolute Gasteiger partial charge is 0.105 e. The zero-order valence-electron chi connectivity index (χ0n) is 9.08. The van der Waals surface area contributed by atoms with Gasteiger partial charge in [-0.05, 0) is 32.6 Å². The maximum Gasteiger partial charge on any atom is 0.105 e. The molecule has 0 spiro atoms. The van der Waals surface area contributed by atoms with Crippen LogP contribution in [0.4, 0.5) is 0 Å². The first-order chi connectivity index (χ1) is 6.99. The van der Waals surface area contributed by atoms with Crippen LogP contribution in [0.5, 0.6) is 0 Å². The molecule has 4 atom stereocenters. The second-order valence-electron chi connectivity index (χ2n) is 3.90. The van der Waals surface area contributed by atoms with Gasteiger partial charge in [-0.2, -0.15) is 0 Å². The van der Waals surface area contributed by atoms with E-state index < -0.39 is 24.4 Å². The van der Waals surface area contributed by atoms with E-state index in [1.807, 2.05) is 0 Å². The summed E-state index contributed by atoms with van der Waals surface area (Å²) in [4.78, 5) is 0. The van der Waals surface area contributed by atoms with Crippen LogP contribution in [0.1, 0.15) is 32.6 Å². The largest absolute Gasteiger partial charge is 0.396 e. The molecule has 0 aromatic heterocycles. The fraction of sp³-hybridized carbons (Fsp3) is 1.00. The number of rotatable bonds is 8. The van der Waals surface area contributed by atoms with E-state index in [-0.39, 0.29) is 6.61 Å². The van der Waals surface area contributed by atoms with Crippen molar-refractivity contribution in [2.24, 2.45) is 0 Å². The van der Waals surface area contributed by atoms with Crippen molar-refractivity contribution in [3.63, 3.8) is 0 Å². The average Bonchev–Trinajstić information content (AvgIpc) is 2.16. The van der Waals surface area contributed by atoms with E-state index in [2.05, 4.69) is 0 Å². The summed E-state index contributed by atoms with van der Waals surface area (Å²) < 4.78 is 0. The first-order valence-electron chi connectivity index (χ1n) is 5.32. The summed E-state index contributed by atoms with van der Waals surface area (Å²) in [6, 6.07) is 0. The van der Waals surface area contributed by atoms with E-state index in [9.17, 15) is 15.3 Å². The summed E-state index contributed by atoms with van der Waals surface area (Å²) in [6.45, 7) is 1.36. The lowest BCUT2D eigenvalue weighted by atomic mass is 10.0. The van der Waals surface area contributed by atoms with Gasteiger partial charge in [0.25, 0.3) is 0 Å². The highest BCUT2D eigenvalue weighted by molar-refractivity contribution is 4.72. The molecule has 0 rings (SSSR count). The Balaban J connectivity index is 3.58. The third-order valence-electron chi connectivity index (χ3n) is 2.39. The maximum absolute atomic E-state index is 9.39. The minimum Gasteiger partial charge on any atom is -0.396 e. The normalized spacial score (nSPS) is 19.6. The predicted molar refractivity (Wildman–Crippen MR) is 55.3 cm³/mol. The molecule has 0 saturated heterocycles. The predicted octanol–water partition coefficient (Wildman–Crippen LogP) is -0.997. The topological polar surface area (TPSA) is 101 Å². The third kappa shape index (κ3) is 6.81. The average molecular weight is 222 g/mol. The van der Waals surface area contributed by atoms with Crippen LogP contribution >= 0.6 is 0 Å². The van der Waals surface area contributed by atoms with Crippen LogP contribution in [0.3, 0.4) is 0 Å². The van der Waals surface area contributed by atoms with Crippen LogP contribution < -0.4 is 0 Å². The minimum absolute atomic E-state index is 0.0555. The Kier molecular flexibility index (Phi) is 7.90. The van der Waals surface area contributed by atoms with Crippen LogP contribution in [-0.4, -0.2) is 56.6 Å². The Morgan fingerprint density at radius 3 is 2.00 bits per heavy atom. The number of aliphatic hydroxyl groups excluding tert-OH is 5. The quantitative estimate of drug-likeness (QED) is 0.363. The molecule has 4 unspecified atom stereocenters. The lowest BCUT2D eigenvalue weighted by Crippen LogP contribution is -2.35. The highest BCUT2D eigenvalue weighted by Gasteiger charge is 2.20. The van der Waals surface area contributed by atoms with Gasteiger partial charge in [-0.1, -0.05) is 0 Å². The molecule has 92 valence electrons. The van der Waals surface area contributed by atoms with E-state index in [0.717, 1.165) is 0 Å². The van der Waals surface area contributed by atoms with Crippen LogP contribution in [0.2, 0.25) is 0 Å². The van der Waals surface area contributed by atoms with Crippen LogP contribution in [0, 0.1) is 0 Å². The summed E-state index contributed by atoms with van der Waals surface area (Å²) >= 11 is 0. The molecule has 0 radical (unpaired) electrons. The van der Waals surface area contributed by atoms with Crippen molar-refractivity contribution in [1.82, 2.24) is 0 Å². The molecular formula is C10H22O5. The van der Waals surface area contributed by atoms with Gasteiger partial charge in [-0.15, -0.1) is 0 Å². The Labute approximate surface area is 90.0 Å². The molecule has 5 heteroatoms. The van der Waals surface area contributed by atoms with Crippen LogP contribution in [-0.2, 0) is 0 Å². The molecule has 0 heterocycles. The van der Waals surface area contributed by atoms with Gasteiger partial charge in [0.1, 0.15) is 6.10 Å². The molecule has 0 aliphatic heterocycles. The fourth-order valence-corrected chi connectivity index (χ4v) is 1.35. The first kappa shape index (κ1) is 14.8. The van der Waals surface area contributed by atoms with E-state index >= 15 is 0 Å². The van der Waals surface area contributed by atoms with Gasteiger partial charge in [-0.3, -0.25) is 0 Å². The van der Waals surface area contributed by atoms with Crippen molar-refractivity contribution in [3.05, 3.63) is 0 Å². The Morgan fingerprint density at radius 2 is 1.53 bits per heavy atom. The van der Waals surface area contributed by atoms with E-state index in [1.54, 1.807) is 0 Å². The molecule has 0 bridgehead atoms. The second kappa shape index (κ2) is 8.01. The highest BCUT2D eigenvalue weighted by atomic mass is 16.4. The van der Waals surface area contributed by atoms with Gasteiger partial charge in [0.2, 0.25) is 0 Å². The van der Waals surface area contributed by atoms with Crippen molar-refractivity contribution >= 4 is 0 Å². The third-order valence-corrected chi connectivity index (χ3v) is 2.39. The van der Waals surface area contributed by atoms with Crippen molar-refractivity contribution in [2.75, 3.05) is 6.61 Å². The van der Waals surface area contributed by atoms with E-state index in [4.69, 9.17) is 10.2 Å². The summed E-state index contributed by atoms with van der Waals surface area (Å²) in [6.07, 6.45) is -1.94. The Bertz CT molecular complexity index is 151. The molecule has 5 nitrogen and oxygen atoms in total. The van der Waals surface area contributed by atoms with E-state index in [1.165, 1.54) is 6.92 Å². The standard InChI is InChI=1S/C10H22O5/c1-7(12)10(15)9(14)4-2-3-8(13)5-6-11/h7-15H,2-6H2,1H3. The zero-order chi connectivity index (χ0) is 11.8. The number of hydrogen-bond donors (Lipinski definition) is 5. The Hall–Kier alpha value is -0.200. The monoisotopic (exact) mass is 222 g/mol. The summed E-state index contributed by atoms with van der Waals surface area (Å²) in [5.74, 6) is 0. The van der Waals surface area contributed by atoms with Crippen molar-refractivity contribution in [1.29, 1.82) is 0 Å². The summed E-state index contributed by atoms with van der Waals surface area (Å²) in [7, 11) is 0. The van der Waals surface area contributed by atoms with Crippen LogP contribution in [0.15, 0.2) is 0 Å². The second-order valence-corrected chi connectivity index (χ2v) is 3.90. The van der Waals surface area contributed by atoms with Crippen molar-refractivity contribution in [3.8, 4) is 0 Å². The molecule has 5 N–H and O–H groups in total. The SMILES string of the molecule is CC(O)C(O)C(O)CCCC(O)CCO. The molecule has 0 aromatic rings. The van der Waals surface area contributed by atoms with Crippen molar-refractivity contribution in [2.45, 2.75) is 57.0 Å². The zero-order valence-corrected chi connectivity index (χ0v) is 9.08. The number of aliphatic hydroxyl groups is 5. The fourth-order valence-electron chi connectivity index (χ4n) is 1.35. The van der Waals surface area contributed by atoms with Gasteiger partial charge >= 0.3 is 0 Å². The van der Waals surface area contributed by atoms with Crippen LogP contribution in [0.25, 0.3) is 0 Å². The van der Waals surface area contributed by atoms with E-state index in [0.29, 0.717) is 25.7 Å². The number of hydrogen-bond acceptors (Lipinski definition) is 5. The van der Waals surface area contributed by atoms with Gasteiger partial charge in [-0.25, -0.2) is 0 Å². The minimum atomic E-state index is -1.14. The van der Waals surface area contributed by atoms with Gasteiger partial charge in [0.15, 0.2) is 0 Å². The molecule has 15 heavy (non-hydrogen) atoms. The molecule has 0 amide bonds. The van der Waals surface area contributed by atoms with Gasteiger partial charge in [0.05, 0.1) is 18.3 Å². The lowest BCUT2D eigenvalue weighted by molar-refractivity contribution is -0.0558. The molecule has 0 fully saturated rings. The molecule has 0 aliphatic carbocycles. The van der Waals surface area contributed by atoms with Gasteiger partial charge < -0.3 is 25.5 Å². The van der Waals surface area contributed by atoms with Gasteiger partial charge in [0, 0.05) is 6.61 Å². The first-order valence-corrected chi connectivity index (χ1v) is 5.32. The maximum atomic E-state index is 9.39. The molecule has 0 aromatic carbocycles. The Morgan fingerprint density at radius 1 is 0.933 bits per heavy atom.